The maximum atomic E-state index is 12.7. The van der Waals surface area contributed by atoms with Crippen molar-refractivity contribution in [1.29, 1.82) is 0 Å². The molecule has 0 aliphatic carbocycles. The zero-order chi connectivity index (χ0) is 21.5. The van der Waals surface area contributed by atoms with Crippen LogP contribution in [0.1, 0.15) is 15.9 Å². The molecular formula is C20H19BrN4O5. The number of carbonyl (C=O) groups excluding carboxylic acids is 3. The molecule has 0 spiro atoms. The van der Waals surface area contributed by atoms with E-state index in [1.807, 2.05) is 0 Å². The number of nitrogens with zero attached hydrogens (tertiary/aromatic N) is 2. The lowest BCUT2D eigenvalue weighted by atomic mass is 10.1. The lowest BCUT2D eigenvalue weighted by molar-refractivity contribution is -0.136. The Labute approximate surface area is 180 Å². The lowest BCUT2D eigenvalue weighted by Gasteiger charge is -2.27. The molecular weight excluding hydrogens is 456 g/mol. The summed E-state index contributed by atoms with van der Waals surface area (Å²) in [6, 6.07) is 11.2. The maximum absolute atomic E-state index is 12.7. The average Bonchev–Trinajstić information content (AvgIpc) is 2.76. The number of anilines is 1. The fourth-order valence-corrected chi connectivity index (χ4v) is 3.11. The summed E-state index contributed by atoms with van der Waals surface area (Å²) >= 11 is 3.26. The van der Waals surface area contributed by atoms with Gasteiger partial charge >= 0.3 is 11.8 Å². The summed E-state index contributed by atoms with van der Waals surface area (Å²) in [7, 11) is 0. The van der Waals surface area contributed by atoms with Gasteiger partial charge in [0.05, 0.1) is 30.7 Å². The summed E-state index contributed by atoms with van der Waals surface area (Å²) in [6.07, 6.45) is 1.21. The summed E-state index contributed by atoms with van der Waals surface area (Å²) in [5.41, 5.74) is 2.95. The van der Waals surface area contributed by atoms with Crippen molar-refractivity contribution >= 4 is 45.6 Å². The van der Waals surface area contributed by atoms with Crippen molar-refractivity contribution in [2.24, 2.45) is 5.10 Å². The smallest absolute Gasteiger partial charge is 0.329 e. The number of phenols is 1. The van der Waals surface area contributed by atoms with E-state index in [1.165, 1.54) is 12.3 Å². The number of ether oxygens (including phenoxy) is 1. The van der Waals surface area contributed by atoms with Crippen molar-refractivity contribution < 1.29 is 24.2 Å². The number of amides is 3. The molecule has 1 heterocycles. The van der Waals surface area contributed by atoms with Gasteiger partial charge in [0.2, 0.25) is 0 Å². The van der Waals surface area contributed by atoms with Gasteiger partial charge in [-0.2, -0.15) is 5.10 Å². The number of hydrazone groups is 1. The van der Waals surface area contributed by atoms with Crippen LogP contribution in [0.25, 0.3) is 0 Å². The van der Waals surface area contributed by atoms with Crippen LogP contribution in [0.5, 0.6) is 5.75 Å². The van der Waals surface area contributed by atoms with Gasteiger partial charge in [-0.05, 0) is 30.3 Å². The van der Waals surface area contributed by atoms with Crippen LogP contribution in [0.3, 0.4) is 0 Å². The zero-order valence-electron chi connectivity index (χ0n) is 15.8. The number of carbonyl (C=O) groups is 3. The summed E-state index contributed by atoms with van der Waals surface area (Å²) < 4.78 is 5.96. The molecule has 0 radical (unpaired) electrons. The quantitative estimate of drug-likeness (QED) is 0.354. The first-order valence-electron chi connectivity index (χ1n) is 9.04. The molecule has 1 saturated heterocycles. The molecule has 10 heteroatoms. The third kappa shape index (κ3) is 5.43. The van der Waals surface area contributed by atoms with E-state index in [4.69, 9.17) is 4.74 Å². The van der Waals surface area contributed by atoms with E-state index in [0.717, 1.165) is 0 Å². The first kappa shape index (κ1) is 21.5. The second-order valence-corrected chi connectivity index (χ2v) is 7.22. The van der Waals surface area contributed by atoms with E-state index in [2.05, 4.69) is 31.8 Å². The fraction of sp³-hybridized carbons (Fsp3) is 0.200. The Kier molecular flexibility index (Phi) is 7.15. The van der Waals surface area contributed by atoms with Gasteiger partial charge in [-0.15, -0.1) is 0 Å². The Morgan fingerprint density at radius 3 is 2.60 bits per heavy atom. The van der Waals surface area contributed by atoms with Gasteiger partial charge in [-0.1, -0.05) is 28.1 Å². The Bertz CT molecular complexity index is 989. The highest BCUT2D eigenvalue weighted by Gasteiger charge is 2.22. The van der Waals surface area contributed by atoms with E-state index in [-0.39, 0.29) is 22.9 Å². The maximum Gasteiger partial charge on any atom is 0.329 e. The molecule has 1 aliphatic rings. The highest BCUT2D eigenvalue weighted by molar-refractivity contribution is 9.10. The predicted octanol–water partition coefficient (Wildman–Crippen LogP) is 1.72. The minimum absolute atomic E-state index is 0.0313. The summed E-state index contributed by atoms with van der Waals surface area (Å²) in [5.74, 6) is -2.28. The van der Waals surface area contributed by atoms with E-state index < -0.39 is 11.8 Å². The molecule has 0 bridgehead atoms. The van der Waals surface area contributed by atoms with E-state index >= 15 is 0 Å². The first-order valence-corrected chi connectivity index (χ1v) is 9.84. The van der Waals surface area contributed by atoms with E-state index in [0.29, 0.717) is 36.3 Å². The number of phenolic OH excluding ortho intramolecular Hbond substituents is 1. The Balaban J connectivity index is 1.64. The summed E-state index contributed by atoms with van der Waals surface area (Å²) in [5, 5.41) is 15.9. The predicted molar refractivity (Wildman–Crippen MR) is 113 cm³/mol. The lowest BCUT2D eigenvalue weighted by Crippen LogP contribution is -2.41. The van der Waals surface area contributed by atoms with Gasteiger partial charge < -0.3 is 20.1 Å². The SMILES string of the molecule is O=C(N/N=C\c1cc(Br)ccc1O)C(=O)Nc1ccccc1C(=O)N1CCOCC1. The number of nitrogens with one attached hydrogen (secondary N) is 2. The molecule has 1 aliphatic heterocycles. The van der Waals surface area contributed by atoms with Crippen LogP contribution in [0, 0.1) is 0 Å². The largest absolute Gasteiger partial charge is 0.507 e. The van der Waals surface area contributed by atoms with Gasteiger partial charge in [0, 0.05) is 23.1 Å². The van der Waals surface area contributed by atoms with Crippen molar-refractivity contribution in [2.45, 2.75) is 0 Å². The van der Waals surface area contributed by atoms with Crippen LogP contribution in [0.15, 0.2) is 52.0 Å². The topological polar surface area (TPSA) is 120 Å². The van der Waals surface area contributed by atoms with Crippen molar-refractivity contribution in [3.63, 3.8) is 0 Å². The standard InChI is InChI=1S/C20H19BrN4O5/c21-14-5-6-17(26)13(11-14)12-22-24-19(28)18(27)23-16-4-2-1-3-15(16)20(29)25-7-9-30-10-8-25/h1-6,11-12,26H,7-10H2,(H,23,27)(H,24,28)/b22-12-. The van der Waals surface area contributed by atoms with Crippen LogP contribution < -0.4 is 10.7 Å². The molecule has 2 aromatic carbocycles. The number of aromatic hydroxyl groups is 1. The minimum Gasteiger partial charge on any atom is -0.507 e. The normalized spacial score (nSPS) is 13.8. The van der Waals surface area contributed by atoms with Crippen molar-refractivity contribution in [3.05, 3.63) is 58.1 Å². The van der Waals surface area contributed by atoms with E-state index in [9.17, 15) is 19.5 Å². The molecule has 0 unspecified atom stereocenters. The zero-order valence-corrected chi connectivity index (χ0v) is 17.4. The van der Waals surface area contributed by atoms with Gasteiger partial charge in [0.25, 0.3) is 5.91 Å². The molecule has 30 heavy (non-hydrogen) atoms. The molecule has 156 valence electrons. The summed E-state index contributed by atoms with van der Waals surface area (Å²) in [4.78, 5) is 38.6. The van der Waals surface area contributed by atoms with Gasteiger partial charge in [-0.3, -0.25) is 14.4 Å². The fourth-order valence-electron chi connectivity index (χ4n) is 2.73. The molecule has 1 fully saturated rings. The second-order valence-electron chi connectivity index (χ2n) is 6.31. The monoisotopic (exact) mass is 474 g/mol. The van der Waals surface area contributed by atoms with Gasteiger partial charge in [0.15, 0.2) is 0 Å². The first-order chi connectivity index (χ1) is 14.5. The highest BCUT2D eigenvalue weighted by Crippen LogP contribution is 2.20. The Morgan fingerprint density at radius 2 is 1.83 bits per heavy atom. The van der Waals surface area contributed by atoms with Crippen molar-refractivity contribution in [3.8, 4) is 5.75 Å². The number of rotatable bonds is 4. The third-order valence-corrected chi connectivity index (χ3v) is 4.76. The Morgan fingerprint density at radius 1 is 1.10 bits per heavy atom. The molecule has 2 aromatic rings. The molecule has 0 saturated carbocycles. The van der Waals surface area contributed by atoms with Crippen molar-refractivity contribution in [1.82, 2.24) is 10.3 Å². The van der Waals surface area contributed by atoms with Crippen LogP contribution in [0.2, 0.25) is 0 Å². The molecule has 3 N–H and O–H groups in total. The number of halogens is 1. The molecule has 3 rings (SSSR count). The van der Waals surface area contributed by atoms with Crippen LogP contribution in [-0.2, 0) is 14.3 Å². The highest BCUT2D eigenvalue weighted by atomic mass is 79.9. The Hall–Kier alpha value is -3.24. The minimum atomic E-state index is -1.02. The molecule has 9 nitrogen and oxygen atoms in total. The van der Waals surface area contributed by atoms with Crippen LogP contribution in [0.4, 0.5) is 5.69 Å². The molecule has 3 amide bonds. The van der Waals surface area contributed by atoms with Crippen LogP contribution >= 0.6 is 15.9 Å². The molecule has 0 aromatic heterocycles. The number of benzene rings is 2. The van der Waals surface area contributed by atoms with Crippen molar-refractivity contribution in [2.75, 3.05) is 31.6 Å². The number of hydrogen-bond acceptors (Lipinski definition) is 6. The third-order valence-electron chi connectivity index (χ3n) is 4.27. The van der Waals surface area contributed by atoms with Gasteiger partial charge in [-0.25, -0.2) is 5.43 Å². The number of para-hydroxylation sites is 1. The second kappa shape index (κ2) is 9.99. The average molecular weight is 475 g/mol. The van der Waals surface area contributed by atoms with E-state index in [1.54, 1.807) is 41.3 Å². The summed E-state index contributed by atoms with van der Waals surface area (Å²) in [6.45, 7) is 1.82. The number of morpholine rings is 1. The number of hydrogen-bond donors (Lipinski definition) is 3. The molecule has 0 atom stereocenters. The van der Waals surface area contributed by atoms with Crippen LogP contribution in [-0.4, -0.2) is 60.2 Å². The van der Waals surface area contributed by atoms with Gasteiger partial charge in [0.1, 0.15) is 5.75 Å².